The Morgan fingerprint density at radius 3 is 2.26 bits per heavy atom. The third-order valence-corrected chi connectivity index (χ3v) is 6.50. The Bertz CT molecular complexity index is 1460. The van der Waals surface area contributed by atoms with E-state index in [4.69, 9.17) is 14.6 Å². The molecule has 0 bridgehead atoms. The number of nitrogens with zero attached hydrogens (tertiary/aromatic N) is 3. The van der Waals surface area contributed by atoms with E-state index < -0.39 is 0 Å². The zero-order chi connectivity index (χ0) is 28.1. The van der Waals surface area contributed by atoms with Crippen molar-refractivity contribution in [2.75, 3.05) is 26.1 Å². The van der Waals surface area contributed by atoms with E-state index in [0.717, 1.165) is 28.1 Å². The molecule has 0 spiro atoms. The van der Waals surface area contributed by atoms with Gasteiger partial charge in [-0.2, -0.15) is 5.10 Å². The van der Waals surface area contributed by atoms with Crippen molar-refractivity contribution in [3.05, 3.63) is 89.6 Å². The van der Waals surface area contributed by atoms with E-state index >= 15 is 0 Å². The SMILES string of the molecule is COc1ccc(C(=O)N(CC(=O)Nc2c(-c3ccccc3)c(C)nn2-c2ccc(C)cc2)C(C)C)c(OC)c1. The minimum absolute atomic E-state index is 0.155. The van der Waals surface area contributed by atoms with Gasteiger partial charge in [0.05, 0.1) is 31.2 Å². The number of carbonyl (C=O) groups is 2. The Morgan fingerprint density at radius 1 is 0.949 bits per heavy atom. The van der Waals surface area contributed by atoms with Gasteiger partial charge in [0.1, 0.15) is 23.9 Å². The zero-order valence-electron chi connectivity index (χ0n) is 23.2. The highest BCUT2D eigenvalue weighted by Gasteiger charge is 2.26. The van der Waals surface area contributed by atoms with Crippen molar-refractivity contribution in [3.63, 3.8) is 0 Å². The molecule has 1 heterocycles. The van der Waals surface area contributed by atoms with E-state index in [1.54, 1.807) is 30.0 Å². The maximum Gasteiger partial charge on any atom is 0.258 e. The van der Waals surface area contributed by atoms with Gasteiger partial charge in [-0.3, -0.25) is 9.59 Å². The summed E-state index contributed by atoms with van der Waals surface area (Å²) in [6.45, 7) is 7.53. The van der Waals surface area contributed by atoms with Crippen LogP contribution in [0.25, 0.3) is 16.8 Å². The number of hydrogen-bond donors (Lipinski definition) is 1. The van der Waals surface area contributed by atoms with Crippen LogP contribution < -0.4 is 14.8 Å². The lowest BCUT2D eigenvalue weighted by molar-refractivity contribution is -0.117. The number of hydrogen-bond acceptors (Lipinski definition) is 5. The number of rotatable bonds is 9. The Kier molecular flexibility index (Phi) is 8.34. The monoisotopic (exact) mass is 526 g/mol. The molecule has 2 amide bonds. The molecule has 1 aromatic heterocycles. The zero-order valence-corrected chi connectivity index (χ0v) is 23.2. The fraction of sp³-hybridized carbons (Fsp3) is 0.258. The predicted octanol–water partition coefficient (Wildman–Crippen LogP) is 5.66. The Morgan fingerprint density at radius 2 is 1.64 bits per heavy atom. The number of aromatic nitrogens is 2. The van der Waals surface area contributed by atoms with Crippen LogP contribution >= 0.6 is 0 Å². The molecule has 3 aromatic carbocycles. The largest absolute Gasteiger partial charge is 0.497 e. The number of aryl methyl sites for hydroxylation is 2. The first-order valence-corrected chi connectivity index (χ1v) is 12.8. The average molecular weight is 527 g/mol. The van der Waals surface area contributed by atoms with Gasteiger partial charge in [0.25, 0.3) is 5.91 Å². The van der Waals surface area contributed by atoms with E-state index in [2.05, 4.69) is 5.32 Å². The second-order valence-electron chi connectivity index (χ2n) is 9.56. The molecule has 0 fully saturated rings. The number of ether oxygens (including phenoxy) is 2. The molecule has 4 rings (SSSR count). The molecule has 8 heteroatoms. The van der Waals surface area contributed by atoms with Gasteiger partial charge in [-0.1, -0.05) is 48.0 Å². The lowest BCUT2D eigenvalue weighted by Gasteiger charge is -2.27. The van der Waals surface area contributed by atoms with Crippen LogP contribution in [0, 0.1) is 13.8 Å². The molecule has 202 valence electrons. The molecule has 4 aromatic rings. The molecule has 0 unspecified atom stereocenters. The van der Waals surface area contributed by atoms with Gasteiger partial charge in [0.15, 0.2) is 0 Å². The van der Waals surface area contributed by atoms with Crippen molar-refractivity contribution in [3.8, 4) is 28.3 Å². The third-order valence-electron chi connectivity index (χ3n) is 6.50. The van der Waals surface area contributed by atoms with Gasteiger partial charge in [-0.05, 0) is 57.5 Å². The normalized spacial score (nSPS) is 10.8. The van der Waals surface area contributed by atoms with E-state index in [-0.39, 0.29) is 24.4 Å². The van der Waals surface area contributed by atoms with Crippen LogP contribution in [0.5, 0.6) is 11.5 Å². The van der Waals surface area contributed by atoms with Crippen LogP contribution in [0.15, 0.2) is 72.8 Å². The van der Waals surface area contributed by atoms with Crippen molar-refractivity contribution in [2.45, 2.75) is 33.7 Å². The summed E-state index contributed by atoms with van der Waals surface area (Å²) in [6, 6.07) is 22.5. The topological polar surface area (TPSA) is 85.7 Å². The predicted molar refractivity (Wildman–Crippen MR) is 153 cm³/mol. The molecule has 1 N–H and O–H groups in total. The van der Waals surface area contributed by atoms with Gasteiger partial charge < -0.3 is 19.7 Å². The van der Waals surface area contributed by atoms with E-state index in [1.807, 2.05) is 82.3 Å². The second-order valence-corrected chi connectivity index (χ2v) is 9.56. The summed E-state index contributed by atoms with van der Waals surface area (Å²) in [4.78, 5) is 28.6. The molecule has 0 saturated heterocycles. The standard InChI is InChI=1S/C31H34N4O4/c1-20(2)34(31(37)26-17-16-25(38-5)18-27(26)39-6)19-28(36)32-30-29(23-10-8-7-9-11-23)22(4)33-35(30)24-14-12-21(3)13-15-24/h7-18,20H,19H2,1-6H3,(H,32,36). The van der Waals surface area contributed by atoms with Crippen molar-refractivity contribution < 1.29 is 19.1 Å². The van der Waals surface area contributed by atoms with Crippen molar-refractivity contribution >= 4 is 17.6 Å². The summed E-state index contributed by atoms with van der Waals surface area (Å²) in [5.74, 6) is 0.849. The van der Waals surface area contributed by atoms with Gasteiger partial charge in [0.2, 0.25) is 5.91 Å². The summed E-state index contributed by atoms with van der Waals surface area (Å²) in [6.07, 6.45) is 0. The molecule has 0 saturated carbocycles. The van der Waals surface area contributed by atoms with E-state index in [9.17, 15) is 9.59 Å². The Hall–Kier alpha value is -4.59. The molecule has 0 atom stereocenters. The van der Waals surface area contributed by atoms with Crippen LogP contribution in [0.2, 0.25) is 0 Å². The van der Waals surface area contributed by atoms with Crippen LogP contribution in [-0.4, -0.2) is 53.3 Å². The number of anilines is 1. The van der Waals surface area contributed by atoms with Crippen molar-refractivity contribution in [2.24, 2.45) is 0 Å². The van der Waals surface area contributed by atoms with Gasteiger partial charge in [0, 0.05) is 17.7 Å². The number of carbonyl (C=O) groups excluding carboxylic acids is 2. The number of methoxy groups -OCH3 is 2. The summed E-state index contributed by atoms with van der Waals surface area (Å²) >= 11 is 0. The minimum Gasteiger partial charge on any atom is -0.497 e. The Balaban J connectivity index is 1.68. The first-order valence-electron chi connectivity index (χ1n) is 12.8. The van der Waals surface area contributed by atoms with E-state index in [0.29, 0.717) is 22.9 Å². The maximum atomic E-state index is 13.6. The van der Waals surface area contributed by atoms with Crippen molar-refractivity contribution in [1.82, 2.24) is 14.7 Å². The third kappa shape index (κ3) is 5.95. The summed E-state index contributed by atoms with van der Waals surface area (Å²) in [5.41, 5.74) is 4.83. The average Bonchev–Trinajstić information content (AvgIpc) is 3.26. The molecule has 0 aliphatic carbocycles. The molecule has 0 aliphatic heterocycles. The fourth-order valence-electron chi connectivity index (χ4n) is 4.41. The first-order chi connectivity index (χ1) is 18.7. The fourth-order valence-corrected chi connectivity index (χ4v) is 4.41. The highest BCUT2D eigenvalue weighted by molar-refractivity contribution is 6.02. The summed E-state index contributed by atoms with van der Waals surface area (Å²) in [5, 5.41) is 7.84. The number of nitrogens with one attached hydrogen (secondary N) is 1. The smallest absolute Gasteiger partial charge is 0.258 e. The molecule has 8 nitrogen and oxygen atoms in total. The number of amides is 2. The molecule has 0 aliphatic rings. The Labute approximate surface area is 229 Å². The maximum absolute atomic E-state index is 13.6. The van der Waals surface area contributed by atoms with Crippen LogP contribution in [0.1, 0.15) is 35.5 Å². The van der Waals surface area contributed by atoms with Crippen molar-refractivity contribution in [1.29, 1.82) is 0 Å². The van der Waals surface area contributed by atoms with Crippen LogP contribution in [0.3, 0.4) is 0 Å². The number of benzene rings is 3. The summed E-state index contributed by atoms with van der Waals surface area (Å²) in [7, 11) is 3.05. The second kappa shape index (κ2) is 11.9. The summed E-state index contributed by atoms with van der Waals surface area (Å²) < 4.78 is 12.4. The van der Waals surface area contributed by atoms with Gasteiger partial charge >= 0.3 is 0 Å². The van der Waals surface area contributed by atoms with Crippen LogP contribution in [0.4, 0.5) is 5.82 Å². The molecule has 0 radical (unpaired) electrons. The first kappa shape index (κ1) is 27.4. The van der Waals surface area contributed by atoms with E-state index in [1.165, 1.54) is 12.0 Å². The van der Waals surface area contributed by atoms with Crippen LogP contribution in [-0.2, 0) is 4.79 Å². The lowest BCUT2D eigenvalue weighted by Crippen LogP contribution is -2.42. The quantitative estimate of drug-likeness (QED) is 0.304. The highest BCUT2D eigenvalue weighted by atomic mass is 16.5. The lowest BCUT2D eigenvalue weighted by atomic mass is 10.1. The molecule has 39 heavy (non-hydrogen) atoms. The molecular weight excluding hydrogens is 492 g/mol. The highest BCUT2D eigenvalue weighted by Crippen LogP contribution is 2.33. The van der Waals surface area contributed by atoms with Gasteiger partial charge in [-0.25, -0.2) is 4.68 Å². The van der Waals surface area contributed by atoms with Gasteiger partial charge in [-0.15, -0.1) is 0 Å². The molecular formula is C31H34N4O4. The minimum atomic E-state index is -0.338.